The summed E-state index contributed by atoms with van der Waals surface area (Å²) in [6.45, 7) is 9.89. The summed E-state index contributed by atoms with van der Waals surface area (Å²) in [7, 11) is 0. The molecule has 0 rings (SSSR count). The Hall–Kier alpha value is -0.730. The third-order valence-electron chi connectivity index (χ3n) is 5.08. The molecule has 0 aliphatic heterocycles. The average molecular weight is 343 g/mol. The predicted octanol–water partition coefficient (Wildman–Crippen LogP) is 7.13. The minimum absolute atomic E-state index is 0.484. The van der Waals surface area contributed by atoms with Gasteiger partial charge in [-0.25, -0.2) is 4.79 Å². The smallest absolute Gasteiger partial charge is 0.434 e. The van der Waals surface area contributed by atoms with Crippen molar-refractivity contribution < 1.29 is 14.3 Å². The highest BCUT2D eigenvalue weighted by Crippen LogP contribution is 2.18. The summed E-state index contributed by atoms with van der Waals surface area (Å²) in [5, 5.41) is 0. The van der Waals surface area contributed by atoms with Crippen molar-refractivity contribution in [2.45, 2.75) is 105 Å². The zero-order chi connectivity index (χ0) is 18.0. The molecule has 0 aromatic heterocycles. The van der Waals surface area contributed by atoms with Crippen molar-refractivity contribution in [1.82, 2.24) is 0 Å². The molecule has 0 spiro atoms. The minimum atomic E-state index is -0.484. The number of unbranched alkanes of at least 4 members (excludes halogenated alkanes) is 4. The second-order valence-corrected chi connectivity index (χ2v) is 7.06. The molecule has 144 valence electrons. The molecular weight excluding hydrogens is 300 g/mol. The first kappa shape index (κ1) is 23.3. The van der Waals surface area contributed by atoms with E-state index in [0.717, 1.165) is 25.7 Å². The van der Waals surface area contributed by atoms with E-state index in [2.05, 4.69) is 27.7 Å². The Labute approximate surface area is 150 Å². The lowest BCUT2D eigenvalue weighted by Gasteiger charge is -2.16. The van der Waals surface area contributed by atoms with Gasteiger partial charge in [-0.3, -0.25) is 0 Å². The van der Waals surface area contributed by atoms with Crippen LogP contribution >= 0.6 is 0 Å². The normalized spacial score (nSPS) is 13.5. The first-order valence-corrected chi connectivity index (χ1v) is 10.5. The average Bonchev–Trinajstić information content (AvgIpc) is 2.59. The molecule has 0 amide bonds. The number of rotatable bonds is 16. The summed E-state index contributed by atoms with van der Waals surface area (Å²) in [6, 6.07) is 0. The Morgan fingerprint density at radius 1 is 0.667 bits per heavy atom. The number of hydrogen-bond donors (Lipinski definition) is 0. The first-order chi connectivity index (χ1) is 11.7. The van der Waals surface area contributed by atoms with E-state index in [1.807, 2.05) is 0 Å². The Kier molecular flexibility index (Phi) is 16.6. The molecule has 0 aliphatic rings. The van der Waals surface area contributed by atoms with Crippen molar-refractivity contribution in [1.29, 1.82) is 0 Å². The lowest BCUT2D eigenvalue weighted by molar-refractivity contribution is 0.0468. The van der Waals surface area contributed by atoms with Crippen molar-refractivity contribution in [2.75, 3.05) is 13.2 Å². The van der Waals surface area contributed by atoms with Gasteiger partial charge in [-0.1, -0.05) is 91.9 Å². The van der Waals surface area contributed by atoms with Crippen LogP contribution in [0.15, 0.2) is 0 Å². The molecular formula is C21H42O3. The van der Waals surface area contributed by atoms with Crippen LogP contribution in [-0.2, 0) is 9.47 Å². The molecule has 0 fully saturated rings. The van der Waals surface area contributed by atoms with E-state index in [0.29, 0.717) is 25.0 Å². The quantitative estimate of drug-likeness (QED) is 0.221. The third-order valence-corrected chi connectivity index (χ3v) is 5.08. The van der Waals surface area contributed by atoms with Gasteiger partial charge >= 0.3 is 6.16 Å². The molecule has 0 aromatic rings. The highest BCUT2D eigenvalue weighted by atomic mass is 16.7. The predicted molar refractivity (Wildman–Crippen MR) is 102 cm³/mol. The van der Waals surface area contributed by atoms with Gasteiger partial charge in [-0.05, 0) is 24.7 Å². The molecule has 0 bridgehead atoms. The highest BCUT2D eigenvalue weighted by molar-refractivity contribution is 5.59. The fourth-order valence-corrected chi connectivity index (χ4v) is 3.13. The molecule has 0 radical (unpaired) electrons. The van der Waals surface area contributed by atoms with E-state index in [1.54, 1.807) is 0 Å². The Morgan fingerprint density at radius 2 is 1.08 bits per heavy atom. The molecule has 0 heterocycles. The van der Waals surface area contributed by atoms with Crippen LogP contribution < -0.4 is 0 Å². The SMILES string of the molecule is CCCCCC(CC)CCOC(=O)OCCC(CC)CCCCC. The second kappa shape index (κ2) is 17.1. The summed E-state index contributed by atoms with van der Waals surface area (Å²) in [4.78, 5) is 11.7. The minimum Gasteiger partial charge on any atom is -0.434 e. The van der Waals surface area contributed by atoms with Crippen molar-refractivity contribution in [3.63, 3.8) is 0 Å². The van der Waals surface area contributed by atoms with E-state index < -0.39 is 6.16 Å². The Balaban J connectivity index is 3.69. The van der Waals surface area contributed by atoms with Crippen LogP contribution in [0.4, 0.5) is 4.79 Å². The Morgan fingerprint density at radius 3 is 1.42 bits per heavy atom. The third kappa shape index (κ3) is 13.7. The number of ether oxygens (including phenoxy) is 2. The van der Waals surface area contributed by atoms with E-state index in [4.69, 9.17) is 9.47 Å². The van der Waals surface area contributed by atoms with Gasteiger partial charge in [0.15, 0.2) is 0 Å². The maximum atomic E-state index is 11.7. The first-order valence-electron chi connectivity index (χ1n) is 10.5. The molecule has 0 saturated heterocycles. The van der Waals surface area contributed by atoms with E-state index in [9.17, 15) is 4.79 Å². The van der Waals surface area contributed by atoms with Gasteiger partial charge in [0, 0.05) is 0 Å². The summed E-state index contributed by atoms with van der Waals surface area (Å²) in [5.74, 6) is 1.35. The molecule has 0 aliphatic carbocycles. The van der Waals surface area contributed by atoms with Crippen molar-refractivity contribution in [3.05, 3.63) is 0 Å². The molecule has 2 atom stereocenters. The van der Waals surface area contributed by atoms with Crippen LogP contribution in [0.25, 0.3) is 0 Å². The molecule has 3 nitrogen and oxygen atoms in total. The lowest BCUT2D eigenvalue weighted by Crippen LogP contribution is -2.13. The number of hydrogen-bond acceptors (Lipinski definition) is 3. The summed E-state index contributed by atoms with van der Waals surface area (Å²) in [6.07, 6.45) is 14.0. The van der Waals surface area contributed by atoms with Crippen LogP contribution in [0.1, 0.15) is 105 Å². The highest BCUT2D eigenvalue weighted by Gasteiger charge is 2.11. The fraction of sp³-hybridized carbons (Fsp3) is 0.952. The molecule has 0 aromatic carbocycles. The van der Waals surface area contributed by atoms with Crippen molar-refractivity contribution in [3.8, 4) is 0 Å². The van der Waals surface area contributed by atoms with Gasteiger partial charge < -0.3 is 9.47 Å². The summed E-state index contributed by atoms with van der Waals surface area (Å²) >= 11 is 0. The summed E-state index contributed by atoms with van der Waals surface area (Å²) < 4.78 is 10.5. The zero-order valence-corrected chi connectivity index (χ0v) is 16.8. The van der Waals surface area contributed by atoms with Crippen LogP contribution in [-0.4, -0.2) is 19.4 Å². The monoisotopic (exact) mass is 342 g/mol. The van der Waals surface area contributed by atoms with Crippen molar-refractivity contribution >= 4 is 6.16 Å². The van der Waals surface area contributed by atoms with E-state index in [-0.39, 0.29) is 0 Å². The topological polar surface area (TPSA) is 35.5 Å². The maximum Gasteiger partial charge on any atom is 0.508 e. The van der Waals surface area contributed by atoms with Gasteiger partial charge in [0.2, 0.25) is 0 Å². The van der Waals surface area contributed by atoms with Gasteiger partial charge in [0.25, 0.3) is 0 Å². The number of carbonyl (C=O) groups is 1. The zero-order valence-electron chi connectivity index (χ0n) is 16.8. The fourth-order valence-electron chi connectivity index (χ4n) is 3.13. The van der Waals surface area contributed by atoms with Crippen molar-refractivity contribution in [2.24, 2.45) is 11.8 Å². The largest absolute Gasteiger partial charge is 0.508 e. The second-order valence-electron chi connectivity index (χ2n) is 7.06. The maximum absolute atomic E-state index is 11.7. The molecule has 0 saturated carbocycles. The summed E-state index contributed by atoms with van der Waals surface area (Å²) in [5.41, 5.74) is 0. The molecule has 24 heavy (non-hydrogen) atoms. The molecule has 0 N–H and O–H groups in total. The lowest BCUT2D eigenvalue weighted by atomic mass is 9.96. The van der Waals surface area contributed by atoms with Crippen LogP contribution in [0.2, 0.25) is 0 Å². The van der Waals surface area contributed by atoms with E-state index >= 15 is 0 Å². The standard InChI is InChI=1S/C21H42O3/c1-5-9-11-13-19(7-3)15-17-23-21(22)24-18-16-20(8-4)14-12-10-6-2/h19-20H,5-18H2,1-4H3. The Bertz CT molecular complexity index is 252. The molecule has 3 heteroatoms. The van der Waals surface area contributed by atoms with Gasteiger partial charge in [0.1, 0.15) is 0 Å². The van der Waals surface area contributed by atoms with Gasteiger partial charge in [-0.2, -0.15) is 0 Å². The van der Waals surface area contributed by atoms with E-state index in [1.165, 1.54) is 51.4 Å². The van der Waals surface area contributed by atoms with Crippen LogP contribution in [0.3, 0.4) is 0 Å². The van der Waals surface area contributed by atoms with Crippen LogP contribution in [0.5, 0.6) is 0 Å². The molecule has 2 unspecified atom stereocenters. The van der Waals surface area contributed by atoms with Gasteiger partial charge in [0.05, 0.1) is 13.2 Å². The number of carbonyl (C=O) groups excluding carboxylic acids is 1. The van der Waals surface area contributed by atoms with Crippen LogP contribution in [0, 0.1) is 11.8 Å². The van der Waals surface area contributed by atoms with Gasteiger partial charge in [-0.15, -0.1) is 0 Å².